The van der Waals surface area contributed by atoms with E-state index >= 15 is 0 Å². The van der Waals surface area contributed by atoms with Crippen LogP contribution in [0.15, 0.2) is 48.5 Å². The summed E-state index contributed by atoms with van der Waals surface area (Å²) in [6.45, 7) is 0.111. The van der Waals surface area contributed by atoms with Crippen molar-refractivity contribution in [3.05, 3.63) is 64.9 Å². The van der Waals surface area contributed by atoms with Gasteiger partial charge in [0.05, 0.1) is 16.6 Å². The minimum absolute atomic E-state index is 0.0393. The fraction of sp³-hybridized carbons (Fsp3) is 0.286. The normalized spacial score (nSPS) is 17.3. The van der Waals surface area contributed by atoms with Gasteiger partial charge in [-0.2, -0.15) is 0 Å². The number of para-hydroxylation sites is 1. The van der Waals surface area contributed by atoms with E-state index in [1.165, 1.54) is 17.0 Å². The molecule has 1 aliphatic rings. The van der Waals surface area contributed by atoms with E-state index in [0.29, 0.717) is 10.7 Å². The molecule has 8 heteroatoms. The lowest BCUT2D eigenvalue weighted by atomic mass is 10.0. The van der Waals surface area contributed by atoms with E-state index in [1.807, 2.05) is 0 Å². The number of anilines is 1. The molecule has 0 radical (unpaired) electrons. The molecule has 1 amide bonds. The van der Waals surface area contributed by atoms with Gasteiger partial charge in [0.2, 0.25) is 11.7 Å². The highest BCUT2D eigenvalue weighted by molar-refractivity contribution is 6.33. The topological polar surface area (TPSA) is 63.7 Å². The van der Waals surface area contributed by atoms with Crippen LogP contribution in [0.2, 0.25) is 5.02 Å². The smallest absolute Gasteiger partial charge is 0.312 e. The molecule has 0 aliphatic carbocycles. The molecule has 0 unspecified atom stereocenters. The fourth-order valence-electron chi connectivity index (χ4n) is 3.15. The van der Waals surface area contributed by atoms with Crippen LogP contribution in [0.3, 0.4) is 0 Å². The SMILES string of the molecule is O=C(O[C@@H](CCCl)C(=O)c1ccc(F)cc1)[C@@H]1CC(=O)N(c2ccccc2Cl)C1. The molecule has 2 atom stereocenters. The Balaban J connectivity index is 1.70. The van der Waals surface area contributed by atoms with Crippen LogP contribution in [0.1, 0.15) is 23.2 Å². The lowest BCUT2D eigenvalue weighted by Gasteiger charge is -2.20. The van der Waals surface area contributed by atoms with Gasteiger partial charge in [-0.25, -0.2) is 4.39 Å². The standard InChI is InChI=1S/C21H18Cl2FNO4/c22-10-9-18(20(27)13-5-7-15(24)8-6-13)29-21(28)14-11-19(26)25(12-14)17-4-2-1-3-16(17)23/h1-8,14,18H,9-12H2/t14-,18+/m1/s1. The monoisotopic (exact) mass is 437 g/mol. The Morgan fingerprint density at radius 1 is 1.17 bits per heavy atom. The van der Waals surface area contributed by atoms with Crippen LogP contribution < -0.4 is 4.90 Å². The Labute approximate surface area is 177 Å². The van der Waals surface area contributed by atoms with E-state index in [2.05, 4.69) is 0 Å². The van der Waals surface area contributed by atoms with Crippen LogP contribution in [0, 0.1) is 11.7 Å². The summed E-state index contributed by atoms with van der Waals surface area (Å²) in [5, 5.41) is 0.404. The molecule has 2 aromatic rings. The molecule has 0 bridgehead atoms. The van der Waals surface area contributed by atoms with Gasteiger partial charge >= 0.3 is 5.97 Å². The van der Waals surface area contributed by atoms with Crippen molar-refractivity contribution < 1.29 is 23.5 Å². The Bertz CT molecular complexity index is 919. The molecule has 0 saturated carbocycles. The molecule has 29 heavy (non-hydrogen) atoms. The van der Waals surface area contributed by atoms with Crippen molar-refractivity contribution in [2.75, 3.05) is 17.3 Å². The number of rotatable bonds is 7. The second-order valence-corrected chi connectivity index (χ2v) is 7.42. The van der Waals surface area contributed by atoms with Crippen LogP contribution in [-0.2, 0) is 14.3 Å². The molecule has 1 fully saturated rings. The third-order valence-corrected chi connectivity index (χ3v) is 5.19. The van der Waals surface area contributed by atoms with Crippen LogP contribution in [-0.4, -0.2) is 36.2 Å². The van der Waals surface area contributed by atoms with Crippen molar-refractivity contribution in [1.82, 2.24) is 0 Å². The molecule has 152 valence electrons. The van der Waals surface area contributed by atoms with Crippen LogP contribution in [0.5, 0.6) is 0 Å². The van der Waals surface area contributed by atoms with Gasteiger partial charge in [-0.1, -0.05) is 23.7 Å². The van der Waals surface area contributed by atoms with E-state index in [4.69, 9.17) is 27.9 Å². The molecule has 0 spiro atoms. The largest absolute Gasteiger partial charge is 0.454 e. The first-order chi connectivity index (χ1) is 13.9. The highest BCUT2D eigenvalue weighted by Crippen LogP contribution is 2.31. The summed E-state index contributed by atoms with van der Waals surface area (Å²) in [7, 11) is 0. The van der Waals surface area contributed by atoms with E-state index in [0.717, 1.165) is 12.1 Å². The minimum atomic E-state index is -1.10. The Morgan fingerprint density at radius 2 is 1.86 bits per heavy atom. The van der Waals surface area contributed by atoms with Gasteiger partial charge < -0.3 is 9.64 Å². The molecule has 3 rings (SSSR count). The second-order valence-electron chi connectivity index (χ2n) is 6.63. The number of benzene rings is 2. The van der Waals surface area contributed by atoms with Gasteiger partial charge in [-0.15, -0.1) is 11.6 Å². The molecule has 1 aliphatic heterocycles. The molecule has 0 N–H and O–H groups in total. The van der Waals surface area contributed by atoms with Crippen LogP contribution in [0.4, 0.5) is 10.1 Å². The number of carbonyl (C=O) groups is 3. The predicted molar refractivity (Wildman–Crippen MR) is 108 cm³/mol. The third-order valence-electron chi connectivity index (χ3n) is 4.65. The fourth-order valence-corrected chi connectivity index (χ4v) is 3.58. The van der Waals surface area contributed by atoms with E-state index in [9.17, 15) is 18.8 Å². The summed E-state index contributed by atoms with van der Waals surface area (Å²) >= 11 is 11.9. The average Bonchev–Trinajstić information content (AvgIpc) is 3.09. The number of carbonyl (C=O) groups excluding carboxylic acids is 3. The van der Waals surface area contributed by atoms with E-state index < -0.39 is 29.6 Å². The van der Waals surface area contributed by atoms with Crippen molar-refractivity contribution in [3.8, 4) is 0 Å². The number of hydrogen-bond donors (Lipinski definition) is 0. The number of halogens is 3. The highest BCUT2D eigenvalue weighted by Gasteiger charge is 2.38. The highest BCUT2D eigenvalue weighted by atomic mass is 35.5. The third kappa shape index (κ3) is 4.95. The zero-order chi connectivity index (χ0) is 21.0. The quantitative estimate of drug-likeness (QED) is 0.368. The van der Waals surface area contributed by atoms with Crippen LogP contribution in [0.25, 0.3) is 0 Å². The lowest BCUT2D eigenvalue weighted by molar-refractivity contribution is -0.151. The van der Waals surface area contributed by atoms with Crippen molar-refractivity contribution in [3.63, 3.8) is 0 Å². The number of Topliss-reactive ketones (excluding diaryl/α,β-unsaturated/α-hetero) is 1. The summed E-state index contributed by atoms with van der Waals surface area (Å²) in [5.74, 6) is -2.47. The Morgan fingerprint density at radius 3 is 2.52 bits per heavy atom. The van der Waals surface area contributed by atoms with Gasteiger partial charge in [-0.3, -0.25) is 14.4 Å². The van der Waals surface area contributed by atoms with E-state index in [-0.39, 0.29) is 36.7 Å². The number of nitrogens with zero attached hydrogens (tertiary/aromatic N) is 1. The predicted octanol–water partition coefficient (Wildman–Crippen LogP) is 4.26. The lowest BCUT2D eigenvalue weighted by Crippen LogP contribution is -2.32. The molecular weight excluding hydrogens is 420 g/mol. The Hall–Kier alpha value is -2.44. The van der Waals surface area contributed by atoms with Crippen LogP contribution >= 0.6 is 23.2 Å². The zero-order valence-corrected chi connectivity index (χ0v) is 16.8. The van der Waals surface area contributed by atoms with Gasteiger partial charge in [0.15, 0.2) is 6.10 Å². The first-order valence-corrected chi connectivity index (χ1v) is 9.93. The van der Waals surface area contributed by atoms with E-state index in [1.54, 1.807) is 24.3 Å². The van der Waals surface area contributed by atoms with Crippen molar-refractivity contribution in [2.45, 2.75) is 18.9 Å². The van der Waals surface area contributed by atoms with Gasteiger partial charge in [0.25, 0.3) is 0 Å². The van der Waals surface area contributed by atoms with Gasteiger partial charge in [0, 0.05) is 30.8 Å². The molecule has 1 heterocycles. The molecular formula is C21H18Cl2FNO4. The summed E-state index contributed by atoms with van der Waals surface area (Å²) in [5.41, 5.74) is 0.740. The molecule has 5 nitrogen and oxygen atoms in total. The van der Waals surface area contributed by atoms with Crippen molar-refractivity contribution in [2.24, 2.45) is 5.92 Å². The van der Waals surface area contributed by atoms with Gasteiger partial charge in [0.1, 0.15) is 5.82 Å². The number of alkyl halides is 1. The Kier molecular flexibility index (Phi) is 6.87. The maximum atomic E-state index is 13.1. The second kappa shape index (κ2) is 9.37. The zero-order valence-electron chi connectivity index (χ0n) is 15.3. The van der Waals surface area contributed by atoms with Crippen molar-refractivity contribution in [1.29, 1.82) is 0 Å². The number of amides is 1. The van der Waals surface area contributed by atoms with Crippen molar-refractivity contribution >= 4 is 46.5 Å². The number of hydrogen-bond acceptors (Lipinski definition) is 4. The number of esters is 1. The summed E-state index contributed by atoms with van der Waals surface area (Å²) in [6, 6.07) is 11.8. The minimum Gasteiger partial charge on any atom is -0.454 e. The first kappa shape index (κ1) is 21.3. The molecule has 1 saturated heterocycles. The molecule has 0 aromatic heterocycles. The summed E-state index contributed by atoms with van der Waals surface area (Å²) in [4.78, 5) is 39.1. The maximum Gasteiger partial charge on any atom is 0.312 e. The maximum absolute atomic E-state index is 13.1. The summed E-state index contributed by atoms with van der Waals surface area (Å²) < 4.78 is 18.5. The number of ketones is 1. The van der Waals surface area contributed by atoms with Gasteiger partial charge in [-0.05, 0) is 36.4 Å². The summed E-state index contributed by atoms with van der Waals surface area (Å²) in [6.07, 6.45) is -1.03. The first-order valence-electron chi connectivity index (χ1n) is 9.02. The molecule has 2 aromatic carbocycles. The average molecular weight is 438 g/mol. The number of ether oxygens (including phenoxy) is 1.